The molecule has 0 radical (unpaired) electrons. The zero-order valence-electron chi connectivity index (χ0n) is 12.8. The molecule has 1 heterocycles. The van der Waals surface area contributed by atoms with Gasteiger partial charge in [0.15, 0.2) is 0 Å². The number of benzene rings is 1. The van der Waals surface area contributed by atoms with Gasteiger partial charge in [0.1, 0.15) is 0 Å². The summed E-state index contributed by atoms with van der Waals surface area (Å²) in [5.74, 6) is 0. The minimum absolute atomic E-state index is 0.251. The molecule has 0 aromatic heterocycles. The van der Waals surface area contributed by atoms with Gasteiger partial charge in [-0.05, 0) is 45.8 Å². The van der Waals surface area contributed by atoms with Gasteiger partial charge in [-0.15, -0.1) is 0 Å². The summed E-state index contributed by atoms with van der Waals surface area (Å²) in [5.41, 5.74) is 1.10. The zero-order chi connectivity index (χ0) is 15.1. The quantitative estimate of drug-likeness (QED) is 0.619. The van der Waals surface area contributed by atoms with E-state index >= 15 is 0 Å². The summed E-state index contributed by atoms with van der Waals surface area (Å²) in [7, 11) is 1.99. The number of para-hydroxylation sites is 1. The van der Waals surface area contributed by atoms with Gasteiger partial charge >= 0.3 is 0 Å². The van der Waals surface area contributed by atoms with E-state index in [0.717, 1.165) is 38.0 Å². The summed E-state index contributed by atoms with van der Waals surface area (Å²) in [6, 6.07) is 7.72. The first-order valence-electron chi connectivity index (χ1n) is 7.83. The Labute approximate surface area is 126 Å². The third-order valence-corrected chi connectivity index (χ3v) is 4.33. The first-order chi connectivity index (χ1) is 10.2. The molecule has 1 atom stereocenters. The zero-order valence-corrected chi connectivity index (χ0v) is 12.8. The predicted octanol–water partition coefficient (Wildman–Crippen LogP) is 2.60. The standard InChI is InChI=1S/C16H25N3O2/c1-17-11-9-15-7-4-5-12-18(15)13-10-14-6-2-3-8-16(14)19(20)21/h2-3,6,8,15,17H,4-5,7,9-13H2,1H3. The van der Waals surface area contributed by atoms with Crippen LogP contribution >= 0.6 is 0 Å². The Morgan fingerprint density at radius 1 is 1.38 bits per heavy atom. The second-order valence-electron chi connectivity index (χ2n) is 5.71. The predicted molar refractivity (Wildman–Crippen MR) is 84.6 cm³/mol. The molecule has 1 aromatic carbocycles. The molecule has 1 aliphatic heterocycles. The highest BCUT2D eigenvalue weighted by atomic mass is 16.6. The number of likely N-dealkylation sites (tertiary alicyclic amines) is 1. The molecule has 5 nitrogen and oxygen atoms in total. The Balaban J connectivity index is 1.95. The smallest absolute Gasteiger partial charge is 0.272 e. The maximum absolute atomic E-state index is 11.1. The molecule has 2 rings (SSSR count). The van der Waals surface area contributed by atoms with Gasteiger partial charge in [0.05, 0.1) is 4.92 Å². The molecule has 0 aliphatic carbocycles. The van der Waals surface area contributed by atoms with Gasteiger partial charge in [-0.2, -0.15) is 0 Å². The number of nitro benzene ring substituents is 1. The maximum atomic E-state index is 11.1. The van der Waals surface area contributed by atoms with Gasteiger partial charge in [0, 0.05) is 24.2 Å². The highest BCUT2D eigenvalue weighted by Crippen LogP contribution is 2.22. The molecule has 1 N–H and O–H groups in total. The largest absolute Gasteiger partial charge is 0.320 e. The van der Waals surface area contributed by atoms with Crippen molar-refractivity contribution in [3.05, 3.63) is 39.9 Å². The second-order valence-corrected chi connectivity index (χ2v) is 5.71. The number of piperidine rings is 1. The van der Waals surface area contributed by atoms with Crippen LogP contribution in [0, 0.1) is 10.1 Å². The number of rotatable bonds is 7. The molecule has 1 saturated heterocycles. The molecular formula is C16H25N3O2. The van der Waals surface area contributed by atoms with Crippen LogP contribution in [-0.2, 0) is 6.42 Å². The minimum atomic E-state index is -0.274. The van der Waals surface area contributed by atoms with Crippen LogP contribution in [0.25, 0.3) is 0 Å². The van der Waals surface area contributed by atoms with E-state index in [1.807, 2.05) is 19.2 Å². The number of nitrogens with one attached hydrogen (secondary N) is 1. The third-order valence-electron chi connectivity index (χ3n) is 4.33. The lowest BCUT2D eigenvalue weighted by Crippen LogP contribution is -2.42. The molecule has 1 aromatic rings. The van der Waals surface area contributed by atoms with Crippen molar-refractivity contribution in [1.82, 2.24) is 10.2 Å². The van der Waals surface area contributed by atoms with Crippen LogP contribution in [0.5, 0.6) is 0 Å². The van der Waals surface area contributed by atoms with E-state index in [9.17, 15) is 10.1 Å². The molecule has 116 valence electrons. The molecule has 0 bridgehead atoms. The number of nitrogens with zero attached hydrogens (tertiary/aromatic N) is 2. The van der Waals surface area contributed by atoms with Crippen molar-refractivity contribution in [2.45, 2.75) is 38.1 Å². The van der Waals surface area contributed by atoms with Crippen LogP contribution in [-0.4, -0.2) is 42.5 Å². The van der Waals surface area contributed by atoms with Crippen molar-refractivity contribution in [1.29, 1.82) is 0 Å². The average Bonchev–Trinajstić information content (AvgIpc) is 2.52. The number of nitro groups is 1. The Morgan fingerprint density at radius 2 is 2.19 bits per heavy atom. The second kappa shape index (κ2) is 8.10. The van der Waals surface area contributed by atoms with Crippen molar-refractivity contribution in [3.8, 4) is 0 Å². The van der Waals surface area contributed by atoms with E-state index in [0.29, 0.717) is 6.04 Å². The van der Waals surface area contributed by atoms with E-state index in [-0.39, 0.29) is 10.6 Å². The molecule has 1 aliphatic rings. The Kier molecular flexibility index (Phi) is 6.14. The van der Waals surface area contributed by atoms with Crippen LogP contribution in [0.15, 0.2) is 24.3 Å². The highest BCUT2D eigenvalue weighted by molar-refractivity contribution is 5.39. The molecular weight excluding hydrogens is 266 g/mol. The first kappa shape index (κ1) is 15.9. The van der Waals surface area contributed by atoms with E-state index in [1.165, 1.54) is 19.3 Å². The van der Waals surface area contributed by atoms with Crippen molar-refractivity contribution in [3.63, 3.8) is 0 Å². The summed E-state index contributed by atoms with van der Waals surface area (Å²) >= 11 is 0. The Morgan fingerprint density at radius 3 is 2.95 bits per heavy atom. The van der Waals surface area contributed by atoms with Gasteiger partial charge in [-0.3, -0.25) is 10.1 Å². The van der Waals surface area contributed by atoms with Gasteiger partial charge in [0.2, 0.25) is 0 Å². The SMILES string of the molecule is CNCCC1CCCCN1CCc1ccccc1[N+](=O)[O-]. The summed E-state index contributed by atoms with van der Waals surface area (Å²) in [6.07, 6.45) is 5.71. The lowest BCUT2D eigenvalue weighted by Gasteiger charge is -2.35. The first-order valence-corrected chi connectivity index (χ1v) is 7.83. The molecule has 21 heavy (non-hydrogen) atoms. The Bertz CT molecular complexity index is 465. The molecule has 0 saturated carbocycles. The fraction of sp³-hybridized carbons (Fsp3) is 0.625. The number of hydrogen-bond acceptors (Lipinski definition) is 4. The lowest BCUT2D eigenvalue weighted by molar-refractivity contribution is -0.385. The maximum Gasteiger partial charge on any atom is 0.272 e. The van der Waals surface area contributed by atoms with Crippen molar-refractivity contribution >= 4 is 5.69 Å². The van der Waals surface area contributed by atoms with E-state index < -0.39 is 0 Å². The fourth-order valence-electron chi connectivity index (χ4n) is 3.16. The monoisotopic (exact) mass is 291 g/mol. The summed E-state index contributed by atoms with van der Waals surface area (Å²) < 4.78 is 0. The van der Waals surface area contributed by atoms with Crippen LogP contribution in [0.4, 0.5) is 5.69 Å². The van der Waals surface area contributed by atoms with Crippen LogP contribution < -0.4 is 5.32 Å². The number of hydrogen-bond donors (Lipinski definition) is 1. The summed E-state index contributed by atoms with van der Waals surface area (Å²) in [4.78, 5) is 13.3. The van der Waals surface area contributed by atoms with Crippen LogP contribution in [0.2, 0.25) is 0 Å². The third kappa shape index (κ3) is 4.51. The van der Waals surface area contributed by atoms with Crippen LogP contribution in [0.3, 0.4) is 0 Å². The van der Waals surface area contributed by atoms with Crippen molar-refractivity contribution in [2.24, 2.45) is 0 Å². The molecule has 5 heteroatoms. The molecule has 0 spiro atoms. The van der Waals surface area contributed by atoms with E-state index in [1.54, 1.807) is 12.1 Å². The topological polar surface area (TPSA) is 58.4 Å². The van der Waals surface area contributed by atoms with E-state index in [4.69, 9.17) is 0 Å². The summed E-state index contributed by atoms with van der Waals surface area (Å²) in [6.45, 7) is 3.07. The fourth-order valence-corrected chi connectivity index (χ4v) is 3.16. The minimum Gasteiger partial charge on any atom is -0.320 e. The van der Waals surface area contributed by atoms with Gasteiger partial charge in [-0.25, -0.2) is 0 Å². The van der Waals surface area contributed by atoms with Gasteiger partial charge in [-0.1, -0.05) is 24.6 Å². The van der Waals surface area contributed by atoms with Crippen molar-refractivity contribution in [2.75, 3.05) is 26.7 Å². The van der Waals surface area contributed by atoms with Crippen LogP contribution in [0.1, 0.15) is 31.2 Å². The Hall–Kier alpha value is -1.46. The highest BCUT2D eigenvalue weighted by Gasteiger charge is 2.22. The average molecular weight is 291 g/mol. The van der Waals surface area contributed by atoms with Gasteiger partial charge in [0.25, 0.3) is 5.69 Å². The van der Waals surface area contributed by atoms with Crippen molar-refractivity contribution < 1.29 is 4.92 Å². The molecule has 1 fully saturated rings. The summed E-state index contributed by atoms with van der Waals surface area (Å²) in [5, 5.41) is 14.3. The van der Waals surface area contributed by atoms with Gasteiger partial charge < -0.3 is 10.2 Å². The lowest BCUT2D eigenvalue weighted by atomic mass is 9.98. The van der Waals surface area contributed by atoms with E-state index in [2.05, 4.69) is 10.2 Å². The normalized spacial score (nSPS) is 19.6. The molecule has 0 amide bonds. The molecule has 1 unspecified atom stereocenters.